The van der Waals surface area contributed by atoms with Crippen LogP contribution in [-0.4, -0.2) is 34.1 Å². The number of rotatable bonds is 11. The van der Waals surface area contributed by atoms with Crippen molar-refractivity contribution in [3.8, 4) is 113 Å². The largest absolute Gasteiger partial charge is 0.292 e. The zero-order valence-electron chi connectivity index (χ0n) is 81.5. The fourth-order valence-electron chi connectivity index (χ4n) is 23.8. The number of para-hydroxylation sites is 5. The smallest absolute Gasteiger partial charge is 0.165 e. The summed E-state index contributed by atoms with van der Waals surface area (Å²) in [5, 5.41) is 37.0. The van der Waals surface area contributed by atoms with Gasteiger partial charge in [0, 0.05) is 49.7 Å². The van der Waals surface area contributed by atoms with Crippen molar-refractivity contribution < 1.29 is 0 Å². The molecule has 28 aromatic carbocycles. The van der Waals surface area contributed by atoms with Gasteiger partial charge in [-0.25, -0.2) is 24.9 Å². The fraction of sp³-hybridized carbons (Fsp3) is 0. The molecule has 0 atom stereocenters. The zero-order chi connectivity index (χ0) is 98.8. The molecule has 7 heteroatoms. The molecular formula is C143H89N7. The first-order valence-corrected chi connectivity index (χ1v) is 51.3. The summed E-state index contributed by atoms with van der Waals surface area (Å²) in [4.78, 5) is 25.9. The maximum absolute atomic E-state index is 5.24. The van der Waals surface area contributed by atoms with Crippen molar-refractivity contribution in [1.82, 2.24) is 34.1 Å². The summed E-state index contributed by atoms with van der Waals surface area (Å²) in [6.07, 6.45) is 0. The highest BCUT2D eigenvalue weighted by Gasteiger charge is 2.29. The van der Waals surface area contributed by atoms with Crippen LogP contribution < -0.4 is 0 Å². The minimum atomic E-state index is 0.651. The van der Waals surface area contributed by atoms with Crippen molar-refractivity contribution in [3.05, 3.63) is 540 Å². The lowest BCUT2D eigenvalue weighted by Gasteiger charge is -2.21. The average Bonchev–Trinajstić information content (AvgIpc) is 1.06. The highest BCUT2D eigenvalue weighted by molar-refractivity contribution is 6.32. The van der Waals surface area contributed by atoms with Crippen LogP contribution in [0, 0.1) is 0 Å². The van der Waals surface area contributed by atoms with Gasteiger partial charge in [0.25, 0.3) is 0 Å². The standard InChI is InChI=1S/C51H32N2.C47H29N3.C45H28N2/c1-2-14-39(15-3-1)53-47-21-11-10-20-46(47)52-51(53)37-27-25-36(26-28-37)48-42-18-8-9-19-43(42)49(50-41-17-7-5-13-34(41)30-31-44(48)50)38-29-24-35-23-22-33-12-4-6-16-40(33)45(35)32-38;1-3-15-33(16-4-1)45-48-46(34-17-5-2-6-18-34)50-47(49-45)44-39-22-12-11-21-38(39)42(43-37-20-10-8-14-31(37)27-28-40(43)44)35-26-25-32-24-23-30-13-7-9-19-36(30)41(32)29-35;1-2-14-32(15-3-1)45-46-40-20-10-11-21-41(40)47(45)44-37-19-9-8-18-36(37)42(43-35-17-7-5-13-30(35)26-27-38(43)44)33-25-24-31-23-22-29-12-4-6-16-34(29)39(31)28-33/h1-32H;1-29H;1-28H. The maximum atomic E-state index is 5.24. The lowest BCUT2D eigenvalue weighted by molar-refractivity contribution is 1.08. The lowest BCUT2D eigenvalue weighted by Crippen LogP contribution is -2.02. The third-order valence-corrected chi connectivity index (χ3v) is 30.6. The summed E-state index contributed by atoms with van der Waals surface area (Å²) < 4.78 is 4.66. The van der Waals surface area contributed by atoms with E-state index in [-0.39, 0.29) is 0 Å². The van der Waals surface area contributed by atoms with Crippen LogP contribution in [0.25, 0.3) is 296 Å². The van der Waals surface area contributed by atoms with Gasteiger partial charge in [-0.1, -0.05) is 485 Å². The molecular weight excluding hydrogens is 1820 g/mol. The van der Waals surface area contributed by atoms with E-state index in [9.17, 15) is 0 Å². The van der Waals surface area contributed by atoms with E-state index in [0.29, 0.717) is 17.5 Å². The Morgan fingerprint density at radius 1 is 0.133 bits per heavy atom. The quantitative estimate of drug-likeness (QED) is 0.0953. The van der Waals surface area contributed by atoms with Crippen LogP contribution >= 0.6 is 0 Å². The fourth-order valence-corrected chi connectivity index (χ4v) is 23.8. The van der Waals surface area contributed by atoms with Crippen LogP contribution in [0.15, 0.2) is 540 Å². The van der Waals surface area contributed by atoms with Gasteiger partial charge in [0.15, 0.2) is 17.5 Å². The molecule has 3 heterocycles. The van der Waals surface area contributed by atoms with E-state index < -0.39 is 0 Å². The van der Waals surface area contributed by atoms with Crippen LogP contribution in [-0.2, 0) is 0 Å². The molecule has 0 amide bonds. The Balaban J connectivity index is 0.000000106. The van der Waals surface area contributed by atoms with Gasteiger partial charge in [-0.2, -0.15) is 0 Å². The summed E-state index contributed by atoms with van der Waals surface area (Å²) in [6, 6.07) is 194. The van der Waals surface area contributed by atoms with Gasteiger partial charge >= 0.3 is 0 Å². The summed E-state index contributed by atoms with van der Waals surface area (Å²) >= 11 is 0. The third-order valence-electron chi connectivity index (χ3n) is 30.6. The third kappa shape index (κ3) is 14.6. The molecule has 0 N–H and O–H groups in total. The van der Waals surface area contributed by atoms with Crippen LogP contribution in [0.3, 0.4) is 0 Å². The van der Waals surface area contributed by atoms with E-state index in [1.54, 1.807) is 0 Å². The van der Waals surface area contributed by atoms with E-state index in [1.807, 2.05) is 36.4 Å². The molecule has 0 radical (unpaired) electrons. The van der Waals surface area contributed by atoms with Crippen molar-refractivity contribution in [3.63, 3.8) is 0 Å². The second-order valence-corrected chi connectivity index (χ2v) is 39.0. The van der Waals surface area contributed by atoms with Gasteiger partial charge in [0.1, 0.15) is 11.6 Å². The van der Waals surface area contributed by atoms with Gasteiger partial charge in [-0.05, 0) is 245 Å². The number of aromatic nitrogens is 7. The topological polar surface area (TPSA) is 74.3 Å². The molecule has 0 saturated heterocycles. The van der Waals surface area contributed by atoms with Crippen molar-refractivity contribution in [2.24, 2.45) is 0 Å². The van der Waals surface area contributed by atoms with Crippen LogP contribution in [0.1, 0.15) is 0 Å². The average molecular weight is 1910 g/mol. The molecule has 0 bridgehead atoms. The van der Waals surface area contributed by atoms with Crippen LogP contribution in [0.4, 0.5) is 0 Å². The summed E-state index contributed by atoms with van der Waals surface area (Å²) in [5.74, 6) is 3.83. The highest BCUT2D eigenvalue weighted by atomic mass is 15.1. The molecule has 150 heavy (non-hydrogen) atoms. The number of hydrogen-bond donors (Lipinski definition) is 0. The Morgan fingerprint density at radius 2 is 0.393 bits per heavy atom. The molecule has 0 aliphatic rings. The van der Waals surface area contributed by atoms with Crippen molar-refractivity contribution in [1.29, 1.82) is 0 Å². The van der Waals surface area contributed by atoms with E-state index in [2.05, 4.69) is 513 Å². The zero-order valence-corrected chi connectivity index (χ0v) is 81.5. The Hall–Kier alpha value is -20.0. The lowest BCUT2D eigenvalue weighted by atomic mass is 9.83. The second kappa shape index (κ2) is 36.1. The normalized spacial score (nSPS) is 11.7. The van der Waals surface area contributed by atoms with Crippen molar-refractivity contribution in [2.45, 2.75) is 0 Å². The highest BCUT2D eigenvalue weighted by Crippen LogP contribution is 2.53. The van der Waals surface area contributed by atoms with Gasteiger partial charge in [0.05, 0.1) is 27.8 Å². The molecule has 0 saturated carbocycles. The second-order valence-electron chi connectivity index (χ2n) is 39.0. The Labute approximate surface area is 864 Å². The van der Waals surface area contributed by atoms with Crippen LogP contribution in [0.5, 0.6) is 0 Å². The van der Waals surface area contributed by atoms with E-state index in [0.717, 1.165) is 89.1 Å². The molecule has 0 spiro atoms. The van der Waals surface area contributed by atoms with Crippen molar-refractivity contribution in [2.75, 3.05) is 0 Å². The molecule has 31 aromatic rings. The summed E-state index contributed by atoms with van der Waals surface area (Å²) in [6.45, 7) is 0. The Morgan fingerprint density at radius 3 is 0.820 bits per heavy atom. The predicted octanol–water partition coefficient (Wildman–Crippen LogP) is 38.2. The van der Waals surface area contributed by atoms with E-state index in [4.69, 9.17) is 24.9 Å². The number of nitrogens with zero attached hydrogens (tertiary/aromatic N) is 7. The SMILES string of the molecule is c1ccc(-c2nc(-c3ccccc3)nc(-c3c4ccccc4c(-c4ccc5ccc6ccccc6c5c4)c4c3ccc3ccccc34)n2)cc1.c1ccc(-c2nc3ccccc3n2-c2c3ccccc3c(-c3ccc4ccc5ccccc5c4c3)c3c2ccc2ccccc23)cc1.c1ccc(-n2c(-c3ccc(-c4c5ccccc5c(-c5ccc6ccc7ccccc7c6c5)c5c4ccc4ccccc45)cc3)nc3ccccc32)cc1. The number of imidazole rings is 2. The molecule has 7 nitrogen and oxygen atoms in total. The first kappa shape index (κ1) is 86.7. The molecule has 31 rings (SSSR count). The molecule has 0 unspecified atom stereocenters. The predicted molar refractivity (Wildman–Crippen MR) is 633 cm³/mol. The molecule has 0 fully saturated rings. The number of hydrogen-bond acceptors (Lipinski definition) is 5. The molecule has 0 aliphatic carbocycles. The van der Waals surface area contributed by atoms with Gasteiger partial charge in [-0.15, -0.1) is 0 Å². The molecule has 696 valence electrons. The summed E-state index contributed by atoms with van der Waals surface area (Å²) in [7, 11) is 0. The molecule has 3 aromatic heterocycles. The molecule has 0 aliphatic heterocycles. The van der Waals surface area contributed by atoms with Gasteiger partial charge in [0.2, 0.25) is 0 Å². The number of fused-ring (bicyclic) bond motifs is 23. The van der Waals surface area contributed by atoms with Crippen molar-refractivity contribution >= 4 is 184 Å². The Kier molecular flexibility index (Phi) is 20.9. The monoisotopic (exact) mass is 1900 g/mol. The minimum absolute atomic E-state index is 0.651. The first-order valence-electron chi connectivity index (χ1n) is 51.3. The van der Waals surface area contributed by atoms with Gasteiger partial charge in [-0.3, -0.25) is 9.13 Å². The van der Waals surface area contributed by atoms with E-state index >= 15 is 0 Å². The Bertz CT molecular complexity index is 10900. The minimum Gasteiger partial charge on any atom is -0.292 e. The first-order chi connectivity index (χ1) is 74.4. The van der Waals surface area contributed by atoms with Crippen LogP contribution in [0.2, 0.25) is 0 Å². The maximum Gasteiger partial charge on any atom is 0.165 e. The van der Waals surface area contributed by atoms with E-state index in [1.165, 1.54) is 190 Å². The number of benzene rings is 28. The summed E-state index contributed by atoms with van der Waals surface area (Å²) in [5.41, 5.74) is 21.3. The van der Waals surface area contributed by atoms with Gasteiger partial charge < -0.3 is 0 Å².